The number of rotatable bonds is 4. The van der Waals surface area contributed by atoms with Gasteiger partial charge in [-0.3, -0.25) is 4.79 Å². The van der Waals surface area contributed by atoms with Crippen LogP contribution < -0.4 is 15.5 Å². The molecular weight excluding hydrogens is 413 g/mol. The van der Waals surface area contributed by atoms with Crippen molar-refractivity contribution in [2.45, 2.75) is 30.8 Å². The van der Waals surface area contributed by atoms with Gasteiger partial charge in [-0.05, 0) is 25.0 Å². The van der Waals surface area contributed by atoms with Crippen molar-refractivity contribution >= 4 is 17.4 Å². The third-order valence-electron chi connectivity index (χ3n) is 5.24. The third kappa shape index (κ3) is 4.29. The summed E-state index contributed by atoms with van der Waals surface area (Å²) in [6.07, 6.45) is -1.66. The van der Waals surface area contributed by atoms with E-state index in [9.17, 15) is 23.1 Å². The first-order valence-electron chi connectivity index (χ1n) is 9.78. The van der Waals surface area contributed by atoms with Crippen molar-refractivity contribution in [2.75, 3.05) is 23.3 Å². The van der Waals surface area contributed by atoms with Gasteiger partial charge in [0.25, 0.3) is 11.6 Å². The number of amides is 1. The number of pyridine rings is 1. The summed E-state index contributed by atoms with van der Waals surface area (Å²) in [5, 5.41) is 14.7. The molecule has 164 valence electrons. The molecule has 10 heteroatoms. The van der Waals surface area contributed by atoms with Crippen LogP contribution in [0, 0.1) is 0 Å². The van der Waals surface area contributed by atoms with E-state index in [0.29, 0.717) is 43.6 Å². The van der Waals surface area contributed by atoms with Gasteiger partial charge in [0.1, 0.15) is 5.82 Å². The van der Waals surface area contributed by atoms with Gasteiger partial charge in [-0.25, -0.2) is 4.98 Å². The molecule has 2 aliphatic rings. The Hall–Kier alpha value is -3.27. The number of aliphatic hydroxyl groups excluding tert-OH is 1. The molecule has 1 saturated heterocycles. The molecule has 0 saturated carbocycles. The summed E-state index contributed by atoms with van der Waals surface area (Å²) in [5.41, 5.74) is -1.53. The van der Waals surface area contributed by atoms with Gasteiger partial charge in [0, 0.05) is 24.9 Å². The van der Waals surface area contributed by atoms with Crippen LogP contribution in [0.1, 0.15) is 18.4 Å². The Bertz CT molecular complexity index is 958. The van der Waals surface area contributed by atoms with Gasteiger partial charge in [0.05, 0.1) is 18.0 Å². The maximum absolute atomic E-state index is 13.2. The number of carbonyl (C=O) groups is 1. The normalized spacial score (nSPS) is 21.8. The zero-order chi connectivity index (χ0) is 22.1. The second kappa shape index (κ2) is 8.10. The molecule has 3 N–H and O–H groups in total. The first-order valence-corrected chi connectivity index (χ1v) is 9.78. The van der Waals surface area contributed by atoms with E-state index in [0.717, 1.165) is 0 Å². The fourth-order valence-corrected chi connectivity index (χ4v) is 3.55. The van der Waals surface area contributed by atoms with Crippen molar-refractivity contribution in [1.82, 2.24) is 10.3 Å². The minimum Gasteiger partial charge on any atom is -0.448 e. The fourth-order valence-electron chi connectivity index (χ4n) is 3.55. The Morgan fingerprint density at radius 3 is 2.48 bits per heavy atom. The lowest BCUT2D eigenvalue weighted by Gasteiger charge is -2.31. The molecule has 7 nitrogen and oxygen atoms in total. The van der Waals surface area contributed by atoms with Gasteiger partial charge in [-0.15, -0.1) is 0 Å². The number of allylic oxidation sites excluding steroid dienone is 1. The minimum atomic E-state index is -4.74. The van der Waals surface area contributed by atoms with Crippen molar-refractivity contribution < 1.29 is 27.8 Å². The molecule has 3 heterocycles. The quantitative estimate of drug-likeness (QED) is 0.686. The maximum atomic E-state index is 13.2. The number of hydrogen-bond donors (Lipinski definition) is 3. The van der Waals surface area contributed by atoms with Crippen molar-refractivity contribution in [3.63, 3.8) is 0 Å². The van der Waals surface area contributed by atoms with Crippen LogP contribution in [-0.2, 0) is 15.3 Å². The van der Waals surface area contributed by atoms with Crippen LogP contribution in [0.4, 0.5) is 24.7 Å². The number of ether oxygens (including phenoxy) is 1. The summed E-state index contributed by atoms with van der Waals surface area (Å²) in [6.45, 7) is 1.33. The molecule has 4 rings (SSSR count). The Morgan fingerprint density at radius 1 is 1.19 bits per heavy atom. The average molecular weight is 434 g/mol. The number of aliphatic hydroxyl groups is 1. The Labute approximate surface area is 176 Å². The van der Waals surface area contributed by atoms with E-state index in [1.165, 1.54) is 18.3 Å². The molecule has 2 aromatic rings. The van der Waals surface area contributed by atoms with Crippen LogP contribution >= 0.6 is 0 Å². The first kappa shape index (κ1) is 21.0. The number of hydrogen-bond acceptors (Lipinski definition) is 6. The van der Waals surface area contributed by atoms with Gasteiger partial charge in [0.2, 0.25) is 5.76 Å². The summed E-state index contributed by atoms with van der Waals surface area (Å²) in [5.74, 6) is -1.41. The number of nitrogens with zero attached hydrogens (tertiary/aromatic N) is 2. The topological polar surface area (TPSA) is 86.7 Å². The molecule has 0 bridgehead atoms. The molecule has 0 aliphatic carbocycles. The molecule has 1 unspecified atom stereocenters. The maximum Gasteiger partial charge on any atom is 0.450 e. The van der Waals surface area contributed by atoms with Gasteiger partial charge in [-0.2, -0.15) is 13.2 Å². The molecule has 2 aliphatic heterocycles. The highest BCUT2D eigenvalue weighted by Crippen LogP contribution is 2.38. The first-order chi connectivity index (χ1) is 14.8. The molecular formula is C21H21F3N4O3. The smallest absolute Gasteiger partial charge is 0.448 e. The van der Waals surface area contributed by atoms with Crippen molar-refractivity contribution in [1.29, 1.82) is 0 Å². The Kier molecular flexibility index (Phi) is 5.48. The Balaban J connectivity index is 1.52. The Morgan fingerprint density at radius 2 is 1.90 bits per heavy atom. The van der Waals surface area contributed by atoms with Crippen LogP contribution in [0.2, 0.25) is 0 Å². The number of aromatic nitrogens is 1. The number of halogens is 3. The van der Waals surface area contributed by atoms with E-state index in [4.69, 9.17) is 4.74 Å². The van der Waals surface area contributed by atoms with E-state index in [1.807, 2.05) is 4.90 Å². The summed E-state index contributed by atoms with van der Waals surface area (Å²) >= 11 is 0. The number of alkyl halides is 3. The fraction of sp³-hybridized carbons (Fsp3) is 0.333. The van der Waals surface area contributed by atoms with Crippen molar-refractivity contribution in [3.05, 3.63) is 66.2 Å². The molecule has 1 atom stereocenters. The third-order valence-corrected chi connectivity index (χ3v) is 5.24. The highest BCUT2D eigenvalue weighted by atomic mass is 19.4. The summed E-state index contributed by atoms with van der Waals surface area (Å²) in [7, 11) is 0. The SMILES string of the molecule is O=C(Nc1ccc(N2CCC(O)CC2)nc1)C1(c2ccccc2)NC=C(C(F)(F)F)O1. The minimum absolute atomic E-state index is 0.222. The lowest BCUT2D eigenvalue weighted by atomic mass is 10.0. The van der Waals surface area contributed by atoms with E-state index in [-0.39, 0.29) is 11.7 Å². The van der Waals surface area contributed by atoms with Gasteiger partial charge >= 0.3 is 6.18 Å². The van der Waals surface area contributed by atoms with Crippen LogP contribution in [-0.4, -0.2) is 41.4 Å². The van der Waals surface area contributed by atoms with Crippen molar-refractivity contribution in [3.8, 4) is 0 Å². The van der Waals surface area contributed by atoms with Gasteiger partial charge < -0.3 is 25.4 Å². The predicted molar refractivity (Wildman–Crippen MR) is 107 cm³/mol. The molecule has 1 aromatic carbocycles. The van der Waals surface area contributed by atoms with E-state index in [2.05, 4.69) is 15.6 Å². The summed E-state index contributed by atoms with van der Waals surface area (Å²) < 4.78 is 44.6. The zero-order valence-corrected chi connectivity index (χ0v) is 16.4. The number of piperidine rings is 1. The van der Waals surface area contributed by atoms with E-state index in [1.54, 1.807) is 30.3 Å². The number of anilines is 2. The van der Waals surface area contributed by atoms with Crippen molar-refractivity contribution in [2.24, 2.45) is 0 Å². The number of nitrogens with one attached hydrogen (secondary N) is 2. The van der Waals surface area contributed by atoms with Gasteiger partial charge in [-0.1, -0.05) is 30.3 Å². The van der Waals surface area contributed by atoms with Crippen LogP contribution in [0.3, 0.4) is 0 Å². The molecule has 31 heavy (non-hydrogen) atoms. The predicted octanol–water partition coefficient (Wildman–Crippen LogP) is 2.86. The monoisotopic (exact) mass is 434 g/mol. The highest BCUT2D eigenvalue weighted by Gasteiger charge is 2.52. The summed E-state index contributed by atoms with van der Waals surface area (Å²) in [6, 6.07) is 11.2. The highest BCUT2D eigenvalue weighted by molar-refractivity contribution is 5.98. The summed E-state index contributed by atoms with van der Waals surface area (Å²) in [4.78, 5) is 19.4. The lowest BCUT2D eigenvalue weighted by molar-refractivity contribution is -0.162. The van der Waals surface area contributed by atoms with Crippen LogP contribution in [0.15, 0.2) is 60.6 Å². The number of benzene rings is 1. The molecule has 1 fully saturated rings. The second-order valence-electron chi connectivity index (χ2n) is 7.38. The largest absolute Gasteiger partial charge is 0.450 e. The van der Waals surface area contributed by atoms with Gasteiger partial charge in [0.15, 0.2) is 0 Å². The van der Waals surface area contributed by atoms with Crippen LogP contribution in [0.25, 0.3) is 0 Å². The lowest BCUT2D eigenvalue weighted by Crippen LogP contribution is -2.49. The van der Waals surface area contributed by atoms with E-state index < -0.39 is 23.6 Å². The molecule has 0 spiro atoms. The second-order valence-corrected chi connectivity index (χ2v) is 7.38. The van der Waals surface area contributed by atoms with Crippen LogP contribution in [0.5, 0.6) is 0 Å². The molecule has 1 amide bonds. The van der Waals surface area contributed by atoms with E-state index >= 15 is 0 Å². The average Bonchev–Trinajstić information content (AvgIpc) is 3.23. The number of carbonyl (C=O) groups excluding carboxylic acids is 1. The molecule has 1 aromatic heterocycles. The standard InChI is InChI=1S/C21H21F3N4O3/c22-21(23,24)17-13-26-20(31-17,14-4-2-1-3-5-14)19(30)27-15-6-7-18(25-12-15)28-10-8-16(29)9-11-28/h1-7,12-13,16,26,29H,8-11H2,(H,27,30). The molecule has 0 radical (unpaired) electrons. The zero-order valence-electron chi connectivity index (χ0n) is 16.4.